The summed E-state index contributed by atoms with van der Waals surface area (Å²) in [4.78, 5) is 24.5. The van der Waals surface area contributed by atoms with Crippen LogP contribution in [0, 0.1) is 0 Å². The summed E-state index contributed by atoms with van der Waals surface area (Å²) >= 11 is 0. The molecule has 0 heterocycles. The molecule has 1 amide bonds. The Balaban J connectivity index is 1.69. The number of nitrogens with one attached hydrogen (secondary N) is 1. The van der Waals surface area contributed by atoms with Crippen LogP contribution in [-0.2, 0) is 19.6 Å². The number of carbonyl (C=O) groups excluding carboxylic acids is 2. The lowest BCUT2D eigenvalue weighted by Crippen LogP contribution is -2.30. The van der Waals surface area contributed by atoms with E-state index >= 15 is 0 Å². The van der Waals surface area contributed by atoms with Gasteiger partial charge in [0, 0.05) is 18.3 Å². The van der Waals surface area contributed by atoms with Crippen LogP contribution in [0.25, 0.3) is 0 Å². The molecule has 0 aliphatic rings. The van der Waals surface area contributed by atoms with Crippen molar-refractivity contribution < 1.29 is 27.5 Å². The minimum absolute atomic E-state index is 0.0226. The van der Waals surface area contributed by atoms with Gasteiger partial charge in [-0.05, 0) is 49.4 Å². The van der Waals surface area contributed by atoms with Crippen molar-refractivity contribution >= 4 is 33.3 Å². The third kappa shape index (κ3) is 5.89. The molecule has 0 aromatic heterocycles. The Morgan fingerprint density at radius 2 is 1.67 bits per heavy atom. The molecule has 3 aromatic rings. The summed E-state index contributed by atoms with van der Waals surface area (Å²) in [5.41, 5.74) is 1.03. The van der Waals surface area contributed by atoms with Crippen LogP contribution >= 0.6 is 0 Å². The number of hydrogen-bond acceptors (Lipinski definition) is 6. The zero-order chi connectivity index (χ0) is 23.8. The van der Waals surface area contributed by atoms with Crippen LogP contribution < -0.4 is 14.4 Å². The van der Waals surface area contributed by atoms with E-state index in [1.54, 1.807) is 61.5 Å². The number of benzene rings is 3. The maximum atomic E-state index is 13.2. The van der Waals surface area contributed by atoms with Crippen molar-refractivity contribution in [2.24, 2.45) is 0 Å². The molecular formula is C24H24N2O6S. The van der Waals surface area contributed by atoms with Crippen molar-refractivity contribution in [1.82, 2.24) is 0 Å². The molecule has 0 bridgehead atoms. The number of esters is 1. The normalized spacial score (nSPS) is 10.8. The van der Waals surface area contributed by atoms with Crippen LogP contribution in [0.15, 0.2) is 83.8 Å². The molecule has 172 valence electrons. The summed E-state index contributed by atoms with van der Waals surface area (Å²) in [6.45, 7) is 1.41. The van der Waals surface area contributed by atoms with E-state index in [2.05, 4.69) is 5.32 Å². The third-order valence-electron chi connectivity index (χ3n) is 4.68. The van der Waals surface area contributed by atoms with Gasteiger partial charge in [0.15, 0.2) is 6.61 Å². The van der Waals surface area contributed by atoms with Crippen LogP contribution in [0.3, 0.4) is 0 Å². The predicted octanol–water partition coefficient (Wildman–Crippen LogP) is 3.71. The fourth-order valence-corrected chi connectivity index (χ4v) is 4.63. The molecular weight excluding hydrogens is 444 g/mol. The Bertz CT molecular complexity index is 1230. The van der Waals surface area contributed by atoms with E-state index in [9.17, 15) is 18.0 Å². The zero-order valence-corrected chi connectivity index (χ0v) is 19.0. The van der Waals surface area contributed by atoms with Crippen LogP contribution in [0.4, 0.5) is 11.4 Å². The lowest BCUT2D eigenvalue weighted by Gasteiger charge is -2.23. The summed E-state index contributed by atoms with van der Waals surface area (Å²) in [5, 5.41) is 2.60. The summed E-state index contributed by atoms with van der Waals surface area (Å²) in [6.07, 6.45) is 0. The van der Waals surface area contributed by atoms with Gasteiger partial charge in [-0.25, -0.2) is 13.2 Å². The van der Waals surface area contributed by atoms with Gasteiger partial charge in [0.05, 0.1) is 23.3 Å². The number of hydrogen-bond donors (Lipinski definition) is 1. The molecule has 9 heteroatoms. The fraction of sp³-hybridized carbons (Fsp3) is 0.167. The molecule has 0 saturated carbocycles. The van der Waals surface area contributed by atoms with Gasteiger partial charge >= 0.3 is 5.97 Å². The maximum Gasteiger partial charge on any atom is 0.338 e. The van der Waals surface area contributed by atoms with Gasteiger partial charge in [-0.3, -0.25) is 9.10 Å². The van der Waals surface area contributed by atoms with E-state index in [1.807, 2.05) is 0 Å². The van der Waals surface area contributed by atoms with Crippen molar-refractivity contribution in [2.75, 3.05) is 29.9 Å². The van der Waals surface area contributed by atoms with E-state index in [-0.39, 0.29) is 17.0 Å². The van der Waals surface area contributed by atoms with Gasteiger partial charge in [-0.1, -0.05) is 30.3 Å². The lowest BCUT2D eigenvalue weighted by molar-refractivity contribution is -0.119. The van der Waals surface area contributed by atoms with Crippen LogP contribution in [0.1, 0.15) is 17.3 Å². The first kappa shape index (κ1) is 23.8. The monoisotopic (exact) mass is 468 g/mol. The highest BCUT2D eigenvalue weighted by Crippen LogP contribution is 2.24. The van der Waals surface area contributed by atoms with Crippen LogP contribution in [-0.4, -0.2) is 40.6 Å². The van der Waals surface area contributed by atoms with E-state index in [1.165, 1.54) is 35.7 Å². The average Bonchev–Trinajstić information content (AvgIpc) is 2.83. The van der Waals surface area contributed by atoms with Gasteiger partial charge in [-0.15, -0.1) is 0 Å². The van der Waals surface area contributed by atoms with Gasteiger partial charge in [0.1, 0.15) is 5.75 Å². The second-order valence-electron chi connectivity index (χ2n) is 6.89. The Hall–Kier alpha value is -3.85. The summed E-state index contributed by atoms with van der Waals surface area (Å²) in [7, 11) is -2.39. The number of methoxy groups -OCH3 is 1. The molecule has 8 nitrogen and oxygen atoms in total. The molecule has 0 fully saturated rings. The first-order valence-electron chi connectivity index (χ1n) is 10.1. The molecule has 33 heavy (non-hydrogen) atoms. The molecule has 0 unspecified atom stereocenters. The van der Waals surface area contributed by atoms with E-state index < -0.39 is 28.5 Å². The standard InChI is InChI=1S/C24H24N2O6S/c1-3-26(20-11-5-4-6-12-20)33(29,30)22-14-7-9-18(15-22)24(28)32-17-23(27)25-19-10-8-13-21(16-19)31-2/h4-16H,3,17H2,1-2H3,(H,25,27). The molecule has 1 N–H and O–H groups in total. The molecule has 0 aliphatic carbocycles. The number of carbonyl (C=O) groups is 2. The molecule has 3 rings (SSSR count). The fourth-order valence-electron chi connectivity index (χ4n) is 3.11. The number of para-hydroxylation sites is 1. The SMILES string of the molecule is CCN(c1ccccc1)S(=O)(=O)c1cccc(C(=O)OCC(=O)Nc2cccc(OC)c2)c1. The number of amides is 1. The topological polar surface area (TPSA) is 102 Å². The Morgan fingerprint density at radius 3 is 2.36 bits per heavy atom. The van der Waals surface area contributed by atoms with Crippen molar-refractivity contribution in [1.29, 1.82) is 0 Å². The Labute approximate surface area is 192 Å². The number of anilines is 2. The van der Waals surface area contributed by atoms with Crippen molar-refractivity contribution in [3.05, 3.63) is 84.4 Å². The zero-order valence-electron chi connectivity index (χ0n) is 18.2. The number of sulfonamides is 1. The van der Waals surface area contributed by atoms with Crippen LogP contribution in [0.2, 0.25) is 0 Å². The minimum Gasteiger partial charge on any atom is -0.497 e. The summed E-state index contributed by atoms with van der Waals surface area (Å²) in [6, 6.07) is 21.0. The molecule has 0 saturated heterocycles. The summed E-state index contributed by atoms with van der Waals surface area (Å²) in [5.74, 6) is -0.781. The average molecular weight is 469 g/mol. The number of rotatable bonds is 9. The molecule has 0 spiro atoms. The molecule has 0 atom stereocenters. The van der Waals surface area contributed by atoms with Gasteiger partial charge < -0.3 is 14.8 Å². The van der Waals surface area contributed by atoms with Crippen molar-refractivity contribution in [3.8, 4) is 5.75 Å². The second kappa shape index (κ2) is 10.6. The molecule has 3 aromatic carbocycles. The number of ether oxygens (including phenoxy) is 2. The first-order chi connectivity index (χ1) is 15.8. The lowest BCUT2D eigenvalue weighted by atomic mass is 10.2. The van der Waals surface area contributed by atoms with Crippen molar-refractivity contribution in [2.45, 2.75) is 11.8 Å². The third-order valence-corrected chi connectivity index (χ3v) is 6.58. The predicted molar refractivity (Wildman–Crippen MR) is 125 cm³/mol. The highest BCUT2D eigenvalue weighted by Gasteiger charge is 2.24. The van der Waals surface area contributed by atoms with E-state index in [0.717, 1.165) is 0 Å². The largest absolute Gasteiger partial charge is 0.497 e. The highest BCUT2D eigenvalue weighted by atomic mass is 32.2. The first-order valence-corrected chi connectivity index (χ1v) is 11.6. The van der Waals surface area contributed by atoms with E-state index in [4.69, 9.17) is 9.47 Å². The quantitative estimate of drug-likeness (QED) is 0.481. The van der Waals surface area contributed by atoms with Gasteiger partial charge in [0.25, 0.3) is 15.9 Å². The molecule has 0 radical (unpaired) electrons. The van der Waals surface area contributed by atoms with Gasteiger partial charge in [0.2, 0.25) is 0 Å². The van der Waals surface area contributed by atoms with Crippen molar-refractivity contribution in [3.63, 3.8) is 0 Å². The van der Waals surface area contributed by atoms with Gasteiger partial charge in [-0.2, -0.15) is 0 Å². The summed E-state index contributed by atoms with van der Waals surface area (Å²) < 4.78 is 37.7. The van der Waals surface area contributed by atoms with Crippen LogP contribution in [0.5, 0.6) is 5.75 Å². The smallest absolute Gasteiger partial charge is 0.338 e. The Kier molecular flexibility index (Phi) is 7.68. The highest BCUT2D eigenvalue weighted by molar-refractivity contribution is 7.92. The second-order valence-corrected chi connectivity index (χ2v) is 8.75. The maximum absolute atomic E-state index is 13.2. The minimum atomic E-state index is -3.90. The van der Waals surface area contributed by atoms with E-state index in [0.29, 0.717) is 17.1 Å². The Morgan fingerprint density at radius 1 is 0.939 bits per heavy atom. The molecule has 0 aliphatic heterocycles. The number of nitrogens with zero attached hydrogens (tertiary/aromatic N) is 1.